The molecule has 2 aliphatic rings. The molecule has 0 heterocycles. The van der Waals surface area contributed by atoms with E-state index in [4.69, 9.17) is 4.74 Å². The quantitative estimate of drug-likeness (QED) is 0.802. The molecule has 1 amide bonds. The Labute approximate surface area is 146 Å². The van der Waals surface area contributed by atoms with Crippen LogP contribution in [0.4, 0.5) is 5.69 Å². The maximum atomic E-state index is 11.9. The van der Waals surface area contributed by atoms with Gasteiger partial charge in [-0.25, -0.2) is 4.79 Å². The van der Waals surface area contributed by atoms with E-state index in [-0.39, 0.29) is 12.6 Å². The van der Waals surface area contributed by atoms with Gasteiger partial charge >= 0.3 is 11.9 Å². The largest absolute Gasteiger partial charge is 0.465 e. The zero-order valence-electron chi connectivity index (χ0n) is 14.3. The second-order valence-electron chi connectivity index (χ2n) is 6.92. The molecule has 6 heteroatoms. The Morgan fingerprint density at radius 3 is 2.48 bits per heavy atom. The van der Waals surface area contributed by atoms with E-state index in [0.29, 0.717) is 29.5 Å². The van der Waals surface area contributed by atoms with Crippen molar-refractivity contribution in [1.29, 1.82) is 0 Å². The summed E-state index contributed by atoms with van der Waals surface area (Å²) in [6, 6.07) is 6.31. The van der Waals surface area contributed by atoms with Gasteiger partial charge < -0.3 is 14.8 Å². The first-order chi connectivity index (χ1) is 12.0. The van der Waals surface area contributed by atoms with Gasteiger partial charge in [-0.15, -0.1) is 0 Å². The lowest BCUT2D eigenvalue weighted by atomic mass is 9.86. The van der Waals surface area contributed by atoms with Crippen LogP contribution < -0.4 is 5.32 Å². The van der Waals surface area contributed by atoms with Crippen molar-refractivity contribution in [3.8, 4) is 0 Å². The fourth-order valence-electron chi connectivity index (χ4n) is 4.05. The number of hydrogen-bond donors (Lipinski definition) is 1. The van der Waals surface area contributed by atoms with Gasteiger partial charge in [-0.05, 0) is 61.3 Å². The monoisotopic (exact) mass is 345 g/mol. The van der Waals surface area contributed by atoms with Gasteiger partial charge in [-0.2, -0.15) is 0 Å². The SMILES string of the molecule is COC(=O)c1ccc(NC(=O)COC(=O)C[C@H]2C[C@H]3CC[C@@H]2C3)cc1. The molecule has 2 fully saturated rings. The summed E-state index contributed by atoms with van der Waals surface area (Å²) < 4.78 is 9.71. The van der Waals surface area contributed by atoms with Crippen molar-refractivity contribution < 1.29 is 23.9 Å². The Kier molecular flexibility index (Phi) is 5.36. The molecule has 1 aromatic rings. The molecule has 134 valence electrons. The van der Waals surface area contributed by atoms with Gasteiger partial charge in [0.25, 0.3) is 5.91 Å². The molecule has 6 nitrogen and oxygen atoms in total. The van der Waals surface area contributed by atoms with Crippen molar-refractivity contribution >= 4 is 23.5 Å². The Morgan fingerprint density at radius 2 is 1.88 bits per heavy atom. The van der Waals surface area contributed by atoms with E-state index < -0.39 is 11.9 Å². The lowest BCUT2D eigenvalue weighted by molar-refractivity contribution is -0.148. The van der Waals surface area contributed by atoms with Gasteiger partial charge in [0.2, 0.25) is 0 Å². The van der Waals surface area contributed by atoms with Gasteiger partial charge in [0, 0.05) is 12.1 Å². The molecular weight excluding hydrogens is 322 g/mol. The molecule has 0 spiro atoms. The number of ether oxygens (including phenoxy) is 2. The maximum absolute atomic E-state index is 11.9. The van der Waals surface area contributed by atoms with Crippen LogP contribution in [0, 0.1) is 17.8 Å². The number of benzene rings is 1. The lowest BCUT2D eigenvalue weighted by Crippen LogP contribution is -2.23. The highest BCUT2D eigenvalue weighted by atomic mass is 16.5. The highest BCUT2D eigenvalue weighted by Gasteiger charge is 2.40. The minimum absolute atomic E-state index is 0.293. The molecule has 25 heavy (non-hydrogen) atoms. The predicted octanol–water partition coefficient (Wildman–Crippen LogP) is 2.78. The molecule has 2 bridgehead atoms. The number of amides is 1. The van der Waals surface area contributed by atoms with E-state index in [2.05, 4.69) is 10.1 Å². The first kappa shape index (κ1) is 17.5. The summed E-state index contributed by atoms with van der Waals surface area (Å²) in [5, 5.41) is 2.63. The third-order valence-electron chi connectivity index (χ3n) is 5.27. The molecule has 1 aromatic carbocycles. The van der Waals surface area contributed by atoms with Crippen LogP contribution in [-0.4, -0.2) is 31.6 Å². The molecule has 0 aromatic heterocycles. The number of hydrogen-bond acceptors (Lipinski definition) is 5. The predicted molar refractivity (Wildman–Crippen MR) is 90.9 cm³/mol. The molecule has 0 radical (unpaired) electrons. The molecule has 1 N–H and O–H groups in total. The average Bonchev–Trinajstić information content (AvgIpc) is 3.23. The first-order valence-electron chi connectivity index (χ1n) is 8.69. The number of rotatable bonds is 6. The summed E-state index contributed by atoms with van der Waals surface area (Å²) in [4.78, 5) is 35.2. The minimum atomic E-state index is -0.438. The molecule has 0 aliphatic heterocycles. The molecule has 0 unspecified atom stereocenters. The van der Waals surface area contributed by atoms with Crippen molar-refractivity contribution in [3.63, 3.8) is 0 Å². The Balaban J connectivity index is 1.40. The summed E-state index contributed by atoms with van der Waals surface area (Å²) in [5.41, 5.74) is 0.930. The van der Waals surface area contributed by atoms with E-state index >= 15 is 0 Å². The zero-order valence-corrected chi connectivity index (χ0v) is 14.3. The third-order valence-corrected chi connectivity index (χ3v) is 5.27. The van der Waals surface area contributed by atoms with Crippen LogP contribution in [0.15, 0.2) is 24.3 Å². The zero-order chi connectivity index (χ0) is 17.8. The lowest BCUT2D eigenvalue weighted by Gasteiger charge is -2.20. The molecule has 3 atom stereocenters. The van der Waals surface area contributed by atoms with Gasteiger partial charge in [0.05, 0.1) is 12.7 Å². The summed E-state index contributed by atoms with van der Waals surface area (Å²) in [6.45, 7) is -0.293. The fraction of sp³-hybridized carbons (Fsp3) is 0.526. The van der Waals surface area contributed by atoms with Crippen LogP contribution >= 0.6 is 0 Å². The number of carbonyl (C=O) groups excluding carboxylic acids is 3. The average molecular weight is 345 g/mol. The van der Waals surface area contributed by atoms with Gasteiger partial charge in [0.15, 0.2) is 6.61 Å². The van der Waals surface area contributed by atoms with Crippen molar-refractivity contribution in [1.82, 2.24) is 0 Å². The van der Waals surface area contributed by atoms with Crippen molar-refractivity contribution in [2.45, 2.75) is 32.1 Å². The number of nitrogens with one attached hydrogen (secondary N) is 1. The van der Waals surface area contributed by atoms with Crippen molar-refractivity contribution in [2.24, 2.45) is 17.8 Å². The van der Waals surface area contributed by atoms with Crippen LogP contribution in [-0.2, 0) is 19.1 Å². The maximum Gasteiger partial charge on any atom is 0.337 e. The van der Waals surface area contributed by atoms with Crippen LogP contribution in [0.5, 0.6) is 0 Å². The van der Waals surface area contributed by atoms with Gasteiger partial charge in [-0.3, -0.25) is 9.59 Å². The standard InChI is InChI=1S/C19H23NO5/c1-24-19(23)13-4-6-16(7-5-13)20-17(21)11-25-18(22)10-15-9-12-2-3-14(15)8-12/h4-7,12,14-15H,2-3,8-11H2,1H3,(H,20,21)/t12-,14+,15+/m0/s1. The summed E-state index contributed by atoms with van der Waals surface area (Å²) in [7, 11) is 1.31. The van der Waals surface area contributed by atoms with E-state index in [0.717, 1.165) is 12.3 Å². The number of methoxy groups -OCH3 is 1. The third kappa shape index (κ3) is 4.38. The molecular formula is C19H23NO5. The smallest absolute Gasteiger partial charge is 0.337 e. The van der Waals surface area contributed by atoms with Crippen LogP contribution in [0.1, 0.15) is 42.5 Å². The van der Waals surface area contributed by atoms with Gasteiger partial charge in [0.1, 0.15) is 0 Å². The minimum Gasteiger partial charge on any atom is -0.465 e. The highest BCUT2D eigenvalue weighted by Crippen LogP contribution is 2.49. The van der Waals surface area contributed by atoms with Crippen molar-refractivity contribution in [2.75, 3.05) is 19.0 Å². The van der Waals surface area contributed by atoms with Crippen LogP contribution in [0.3, 0.4) is 0 Å². The van der Waals surface area contributed by atoms with E-state index in [9.17, 15) is 14.4 Å². The van der Waals surface area contributed by atoms with E-state index in [1.54, 1.807) is 24.3 Å². The number of fused-ring (bicyclic) bond motifs is 2. The van der Waals surface area contributed by atoms with Crippen molar-refractivity contribution in [3.05, 3.63) is 29.8 Å². The highest BCUT2D eigenvalue weighted by molar-refractivity contribution is 5.94. The van der Waals surface area contributed by atoms with Crippen LogP contribution in [0.25, 0.3) is 0 Å². The number of carbonyl (C=O) groups is 3. The Morgan fingerprint density at radius 1 is 1.12 bits per heavy atom. The topological polar surface area (TPSA) is 81.7 Å². The second-order valence-corrected chi connectivity index (χ2v) is 6.92. The molecule has 2 aliphatic carbocycles. The number of esters is 2. The molecule has 3 rings (SSSR count). The summed E-state index contributed by atoms with van der Waals surface area (Å²) in [5.74, 6) is 0.757. The summed E-state index contributed by atoms with van der Waals surface area (Å²) in [6.07, 6.45) is 5.32. The summed E-state index contributed by atoms with van der Waals surface area (Å²) >= 11 is 0. The second kappa shape index (κ2) is 7.68. The van der Waals surface area contributed by atoms with E-state index in [1.807, 2.05) is 0 Å². The Bertz CT molecular complexity index is 654. The molecule has 2 saturated carbocycles. The first-order valence-corrected chi connectivity index (χ1v) is 8.69. The normalized spacial score (nSPS) is 24.0. The fourth-order valence-corrected chi connectivity index (χ4v) is 4.05. The van der Waals surface area contributed by atoms with Gasteiger partial charge in [-0.1, -0.05) is 6.42 Å². The molecule has 0 saturated heterocycles. The van der Waals surface area contributed by atoms with E-state index in [1.165, 1.54) is 26.4 Å². The Hall–Kier alpha value is -2.37. The number of anilines is 1. The van der Waals surface area contributed by atoms with Crippen LogP contribution in [0.2, 0.25) is 0 Å².